The summed E-state index contributed by atoms with van der Waals surface area (Å²) < 4.78 is 3.32. The Labute approximate surface area is 144 Å². The number of nitrogens with zero attached hydrogens (tertiary/aromatic N) is 7. The molecule has 0 saturated heterocycles. The van der Waals surface area contributed by atoms with Gasteiger partial charge >= 0.3 is 0 Å². The summed E-state index contributed by atoms with van der Waals surface area (Å²) in [6.45, 7) is 2.89. The zero-order valence-corrected chi connectivity index (χ0v) is 14.0. The number of rotatable bonds is 3. The topological polar surface area (TPSA) is 103 Å². The van der Waals surface area contributed by atoms with E-state index in [1.165, 1.54) is 4.68 Å². The summed E-state index contributed by atoms with van der Waals surface area (Å²) in [4.78, 5) is 21.1. The van der Waals surface area contributed by atoms with Gasteiger partial charge in [-0.15, -0.1) is 10.2 Å². The highest BCUT2D eigenvalue weighted by Crippen LogP contribution is 2.32. The minimum atomic E-state index is -0.370. The smallest absolute Gasteiger partial charge is 0.280 e. The molecule has 0 radical (unpaired) electrons. The van der Waals surface area contributed by atoms with Crippen LogP contribution in [0.2, 0.25) is 0 Å². The molecule has 3 aromatic heterocycles. The summed E-state index contributed by atoms with van der Waals surface area (Å²) in [5.41, 5.74) is 1.29. The number of aromatic nitrogens is 7. The SMILES string of the molecule is CC1Cc2nc(NC(=O)c3cn(C)nn3)nn2CC1c1ccccn1. The van der Waals surface area contributed by atoms with Crippen LogP contribution in [0.1, 0.15) is 34.8 Å². The Morgan fingerprint density at radius 2 is 2.24 bits per heavy atom. The molecule has 4 heterocycles. The fraction of sp³-hybridized carbons (Fsp3) is 0.375. The number of aryl methyl sites for hydroxylation is 1. The number of amides is 1. The summed E-state index contributed by atoms with van der Waals surface area (Å²) in [5.74, 6) is 1.47. The first-order valence-electron chi connectivity index (χ1n) is 8.12. The van der Waals surface area contributed by atoms with E-state index in [4.69, 9.17) is 0 Å². The van der Waals surface area contributed by atoms with Gasteiger partial charge in [0.1, 0.15) is 5.82 Å². The molecule has 4 rings (SSSR count). The maximum absolute atomic E-state index is 12.2. The highest BCUT2D eigenvalue weighted by molar-refractivity contribution is 6.01. The van der Waals surface area contributed by atoms with E-state index >= 15 is 0 Å². The maximum atomic E-state index is 12.2. The van der Waals surface area contributed by atoms with Gasteiger partial charge in [0.05, 0.1) is 12.7 Å². The van der Waals surface area contributed by atoms with Gasteiger partial charge in [0, 0.05) is 31.3 Å². The highest BCUT2D eigenvalue weighted by atomic mass is 16.2. The van der Waals surface area contributed by atoms with Crippen molar-refractivity contribution in [3.8, 4) is 0 Å². The molecule has 1 aliphatic rings. The van der Waals surface area contributed by atoms with Gasteiger partial charge < -0.3 is 0 Å². The third-order valence-corrected chi connectivity index (χ3v) is 4.44. The Hall–Kier alpha value is -3.10. The van der Waals surface area contributed by atoms with Crippen molar-refractivity contribution >= 4 is 11.9 Å². The lowest BCUT2D eigenvalue weighted by Crippen LogP contribution is -2.27. The van der Waals surface area contributed by atoms with Crippen molar-refractivity contribution in [2.24, 2.45) is 13.0 Å². The van der Waals surface area contributed by atoms with E-state index in [1.54, 1.807) is 13.2 Å². The van der Waals surface area contributed by atoms with Crippen LogP contribution in [0.15, 0.2) is 30.6 Å². The number of carbonyl (C=O) groups is 1. The molecule has 0 bridgehead atoms. The zero-order chi connectivity index (χ0) is 17.4. The number of anilines is 1. The van der Waals surface area contributed by atoms with Gasteiger partial charge in [-0.3, -0.25) is 19.8 Å². The molecule has 1 amide bonds. The lowest BCUT2D eigenvalue weighted by Gasteiger charge is -2.28. The van der Waals surface area contributed by atoms with Crippen molar-refractivity contribution in [3.63, 3.8) is 0 Å². The number of hydrogen-bond acceptors (Lipinski definition) is 6. The molecule has 1 N–H and O–H groups in total. The molecule has 9 heteroatoms. The first-order chi connectivity index (χ1) is 12.1. The van der Waals surface area contributed by atoms with Gasteiger partial charge in [0.15, 0.2) is 5.69 Å². The van der Waals surface area contributed by atoms with Crippen LogP contribution in [-0.4, -0.2) is 40.6 Å². The van der Waals surface area contributed by atoms with Crippen LogP contribution >= 0.6 is 0 Å². The number of hydrogen-bond donors (Lipinski definition) is 1. The van der Waals surface area contributed by atoms with E-state index in [2.05, 4.69) is 37.6 Å². The average molecular weight is 338 g/mol. The van der Waals surface area contributed by atoms with Crippen LogP contribution in [0.3, 0.4) is 0 Å². The maximum Gasteiger partial charge on any atom is 0.280 e. The molecule has 9 nitrogen and oxygen atoms in total. The first-order valence-corrected chi connectivity index (χ1v) is 8.12. The minimum absolute atomic E-state index is 0.231. The van der Waals surface area contributed by atoms with Crippen LogP contribution in [-0.2, 0) is 20.0 Å². The predicted molar refractivity (Wildman–Crippen MR) is 88.8 cm³/mol. The molecule has 2 unspecified atom stereocenters. The van der Waals surface area contributed by atoms with Gasteiger partial charge in [-0.1, -0.05) is 18.2 Å². The van der Waals surface area contributed by atoms with E-state index in [1.807, 2.05) is 29.1 Å². The quantitative estimate of drug-likeness (QED) is 0.765. The molecule has 0 spiro atoms. The summed E-state index contributed by atoms with van der Waals surface area (Å²) in [6.07, 6.45) is 4.14. The molecule has 0 aromatic carbocycles. The fourth-order valence-corrected chi connectivity index (χ4v) is 3.12. The van der Waals surface area contributed by atoms with Crippen molar-refractivity contribution in [1.82, 2.24) is 34.7 Å². The normalized spacial score (nSPS) is 19.4. The van der Waals surface area contributed by atoms with Crippen molar-refractivity contribution in [2.75, 3.05) is 5.32 Å². The third kappa shape index (κ3) is 3.00. The predicted octanol–water partition coefficient (Wildman–Crippen LogP) is 1.03. The van der Waals surface area contributed by atoms with Crippen molar-refractivity contribution < 1.29 is 4.79 Å². The Morgan fingerprint density at radius 1 is 1.36 bits per heavy atom. The minimum Gasteiger partial charge on any atom is -0.288 e. The second-order valence-corrected chi connectivity index (χ2v) is 6.31. The molecule has 0 saturated carbocycles. The fourth-order valence-electron chi connectivity index (χ4n) is 3.12. The van der Waals surface area contributed by atoms with E-state index in [0.717, 1.165) is 17.9 Å². The second-order valence-electron chi connectivity index (χ2n) is 6.31. The second kappa shape index (κ2) is 6.08. The van der Waals surface area contributed by atoms with Crippen molar-refractivity contribution in [3.05, 3.63) is 47.8 Å². The summed E-state index contributed by atoms with van der Waals surface area (Å²) in [6, 6.07) is 5.95. The average Bonchev–Trinajstić information content (AvgIpc) is 3.20. The van der Waals surface area contributed by atoms with Gasteiger partial charge in [-0.2, -0.15) is 4.98 Å². The molecule has 25 heavy (non-hydrogen) atoms. The Bertz CT molecular complexity index is 900. The van der Waals surface area contributed by atoms with Crippen LogP contribution < -0.4 is 5.32 Å². The van der Waals surface area contributed by atoms with Gasteiger partial charge in [0.25, 0.3) is 5.91 Å². The molecular formula is C16H18N8O. The van der Waals surface area contributed by atoms with Gasteiger partial charge in [-0.05, 0) is 18.1 Å². The Kier molecular flexibility index (Phi) is 3.75. The third-order valence-electron chi connectivity index (χ3n) is 4.44. The van der Waals surface area contributed by atoms with Crippen LogP contribution in [0.4, 0.5) is 5.95 Å². The lowest BCUT2D eigenvalue weighted by atomic mass is 9.85. The van der Waals surface area contributed by atoms with E-state index in [9.17, 15) is 4.79 Å². The number of pyridine rings is 1. The van der Waals surface area contributed by atoms with Crippen molar-refractivity contribution in [2.45, 2.75) is 25.8 Å². The van der Waals surface area contributed by atoms with E-state index in [-0.39, 0.29) is 17.5 Å². The van der Waals surface area contributed by atoms with Crippen LogP contribution in [0, 0.1) is 5.92 Å². The molecule has 2 atom stereocenters. The Morgan fingerprint density at radius 3 is 2.96 bits per heavy atom. The number of carbonyl (C=O) groups excluding carboxylic acids is 1. The number of fused-ring (bicyclic) bond motifs is 1. The molecule has 3 aromatic rings. The molecular weight excluding hydrogens is 320 g/mol. The van der Waals surface area contributed by atoms with Gasteiger partial charge in [0.2, 0.25) is 5.95 Å². The van der Waals surface area contributed by atoms with E-state index < -0.39 is 0 Å². The molecule has 0 aliphatic carbocycles. The summed E-state index contributed by atoms with van der Waals surface area (Å²) in [5, 5.41) is 14.6. The largest absolute Gasteiger partial charge is 0.288 e. The van der Waals surface area contributed by atoms with E-state index in [0.29, 0.717) is 18.4 Å². The molecule has 0 fully saturated rings. The van der Waals surface area contributed by atoms with Gasteiger partial charge in [-0.25, -0.2) is 4.68 Å². The van der Waals surface area contributed by atoms with Crippen molar-refractivity contribution in [1.29, 1.82) is 0 Å². The lowest BCUT2D eigenvalue weighted by molar-refractivity contribution is 0.102. The summed E-state index contributed by atoms with van der Waals surface area (Å²) >= 11 is 0. The summed E-state index contributed by atoms with van der Waals surface area (Å²) in [7, 11) is 1.70. The standard InChI is InChI=1S/C16H18N8O/c1-10-7-14-18-16(19-15(25)13-9-23(2)22-20-13)21-24(14)8-11(10)12-5-3-4-6-17-12/h3-6,9-11H,7-8H2,1-2H3,(H,19,21,25). The van der Waals surface area contributed by atoms with Crippen LogP contribution in [0.25, 0.3) is 0 Å². The monoisotopic (exact) mass is 338 g/mol. The Balaban J connectivity index is 1.53. The highest BCUT2D eigenvalue weighted by Gasteiger charge is 2.30. The molecule has 1 aliphatic heterocycles. The van der Waals surface area contributed by atoms with Crippen LogP contribution in [0.5, 0.6) is 0 Å². The number of nitrogens with one attached hydrogen (secondary N) is 1. The zero-order valence-electron chi connectivity index (χ0n) is 14.0. The molecule has 128 valence electrons. The first kappa shape index (κ1) is 15.4.